The van der Waals surface area contributed by atoms with Gasteiger partial charge in [0.2, 0.25) is 5.91 Å². The lowest BCUT2D eigenvalue weighted by Gasteiger charge is -2.25. The zero-order chi connectivity index (χ0) is 22.5. The van der Waals surface area contributed by atoms with Crippen LogP contribution in [0.2, 0.25) is 0 Å². The molecule has 0 radical (unpaired) electrons. The van der Waals surface area contributed by atoms with E-state index < -0.39 is 5.91 Å². The molecule has 0 unspecified atom stereocenters. The molecule has 1 aliphatic rings. The second kappa shape index (κ2) is 9.38. The highest BCUT2D eigenvalue weighted by molar-refractivity contribution is 6.44. The normalized spacial score (nSPS) is 13.5. The molecule has 0 saturated heterocycles. The van der Waals surface area contributed by atoms with Gasteiger partial charge >= 0.3 is 0 Å². The highest BCUT2D eigenvalue weighted by Crippen LogP contribution is 2.26. The van der Waals surface area contributed by atoms with Crippen molar-refractivity contribution in [1.82, 2.24) is 9.97 Å². The molecule has 0 atom stereocenters. The van der Waals surface area contributed by atoms with Gasteiger partial charge in [0, 0.05) is 31.4 Å². The van der Waals surface area contributed by atoms with Crippen molar-refractivity contribution in [2.45, 2.75) is 33.3 Å². The van der Waals surface area contributed by atoms with Crippen LogP contribution in [-0.2, 0) is 16.2 Å². The molecule has 162 valence electrons. The molecule has 1 aromatic carbocycles. The number of aryl methyl sites for hydroxylation is 2. The summed E-state index contributed by atoms with van der Waals surface area (Å²) < 4.78 is 5.84. The largest absolute Gasteiger partial charge is 0.485 e. The number of hydrazone groups is 1. The van der Waals surface area contributed by atoms with E-state index in [0.717, 1.165) is 16.7 Å². The summed E-state index contributed by atoms with van der Waals surface area (Å²) in [5.41, 5.74) is 3.80. The van der Waals surface area contributed by atoms with Gasteiger partial charge in [-0.05, 0) is 60.9 Å². The summed E-state index contributed by atoms with van der Waals surface area (Å²) in [4.78, 5) is 33.7. The third-order valence-electron chi connectivity index (χ3n) is 5.03. The maximum absolute atomic E-state index is 12.9. The van der Waals surface area contributed by atoms with Crippen molar-refractivity contribution in [3.63, 3.8) is 0 Å². The first kappa shape index (κ1) is 21.2. The smallest absolute Gasteiger partial charge is 0.273 e. The zero-order valence-corrected chi connectivity index (χ0v) is 17.9. The minimum Gasteiger partial charge on any atom is -0.485 e. The van der Waals surface area contributed by atoms with Gasteiger partial charge in [0.1, 0.15) is 12.3 Å². The van der Waals surface area contributed by atoms with Gasteiger partial charge in [0.25, 0.3) is 5.91 Å². The summed E-state index contributed by atoms with van der Waals surface area (Å²) in [6, 6.07) is 13.0. The lowest BCUT2D eigenvalue weighted by atomic mass is 10.1. The molecule has 3 aromatic rings. The first-order valence-corrected chi connectivity index (χ1v) is 10.3. The number of carbonyl (C=O) groups is 2. The van der Waals surface area contributed by atoms with Gasteiger partial charge in [-0.25, -0.2) is 9.99 Å². The predicted molar refractivity (Wildman–Crippen MR) is 122 cm³/mol. The maximum atomic E-state index is 12.9. The number of hydrogen-bond acceptors (Lipinski definition) is 6. The zero-order valence-electron chi connectivity index (χ0n) is 17.9. The van der Waals surface area contributed by atoms with Gasteiger partial charge in [0.05, 0.1) is 5.69 Å². The van der Waals surface area contributed by atoms with Crippen molar-refractivity contribution in [2.24, 2.45) is 5.10 Å². The Bertz CT molecular complexity index is 1180. The number of carbonyl (C=O) groups excluding carboxylic acids is 2. The Balaban J connectivity index is 1.52. The van der Waals surface area contributed by atoms with E-state index in [-0.39, 0.29) is 24.5 Å². The summed E-state index contributed by atoms with van der Waals surface area (Å²) in [7, 11) is 0. The number of ether oxygens (including phenoxy) is 1. The Kier molecular flexibility index (Phi) is 6.21. The van der Waals surface area contributed by atoms with E-state index >= 15 is 0 Å². The summed E-state index contributed by atoms with van der Waals surface area (Å²) in [5.74, 6) is 0.177. The van der Waals surface area contributed by atoms with Crippen LogP contribution in [0.15, 0.2) is 66.2 Å². The number of aromatic nitrogens is 2. The lowest BCUT2D eigenvalue weighted by molar-refractivity contribution is -0.118. The predicted octanol–water partition coefficient (Wildman–Crippen LogP) is 3.79. The standard InChI is InChI=1S/C24H23N5O3/c1-16-5-6-17(2)20(14-16)29-22(30)8-7-19(28-29)24(31)27-23-21(4-3-11-26-23)32-15-18-9-12-25-13-10-18/h3-6,9-14H,7-8,15H2,1-2H3,(H,26,27,31). The topological polar surface area (TPSA) is 96.8 Å². The van der Waals surface area contributed by atoms with Gasteiger partial charge in [-0.2, -0.15) is 5.10 Å². The number of anilines is 2. The summed E-state index contributed by atoms with van der Waals surface area (Å²) >= 11 is 0. The number of nitrogens with one attached hydrogen (secondary N) is 1. The van der Waals surface area contributed by atoms with E-state index in [1.165, 1.54) is 5.01 Å². The highest BCUT2D eigenvalue weighted by Gasteiger charge is 2.27. The van der Waals surface area contributed by atoms with Crippen LogP contribution in [0.4, 0.5) is 11.5 Å². The van der Waals surface area contributed by atoms with Gasteiger partial charge in [-0.3, -0.25) is 14.6 Å². The van der Waals surface area contributed by atoms with E-state index in [2.05, 4.69) is 20.4 Å². The van der Waals surface area contributed by atoms with Gasteiger partial charge in [-0.15, -0.1) is 0 Å². The van der Waals surface area contributed by atoms with Crippen LogP contribution in [0.3, 0.4) is 0 Å². The molecular weight excluding hydrogens is 406 g/mol. The average Bonchev–Trinajstić information content (AvgIpc) is 2.81. The second-order valence-corrected chi connectivity index (χ2v) is 7.49. The van der Waals surface area contributed by atoms with Crippen molar-refractivity contribution < 1.29 is 14.3 Å². The Labute approximate surface area is 186 Å². The Morgan fingerprint density at radius 2 is 1.91 bits per heavy atom. The number of benzene rings is 1. The van der Waals surface area contributed by atoms with Crippen LogP contribution in [0.25, 0.3) is 0 Å². The van der Waals surface area contributed by atoms with E-state index in [1.54, 1.807) is 30.7 Å². The summed E-state index contributed by atoms with van der Waals surface area (Å²) in [6.45, 7) is 4.17. The molecule has 4 rings (SSSR count). The van der Waals surface area contributed by atoms with Gasteiger partial charge in [0.15, 0.2) is 11.6 Å². The third-order valence-corrected chi connectivity index (χ3v) is 5.03. The van der Waals surface area contributed by atoms with Crippen LogP contribution in [0.5, 0.6) is 5.75 Å². The molecule has 3 heterocycles. The van der Waals surface area contributed by atoms with Crippen molar-refractivity contribution in [3.05, 3.63) is 77.7 Å². The molecule has 0 fully saturated rings. The van der Waals surface area contributed by atoms with Crippen molar-refractivity contribution >= 4 is 29.0 Å². The Hall–Kier alpha value is -4.07. The molecule has 0 saturated carbocycles. The molecule has 8 nitrogen and oxygen atoms in total. The van der Waals surface area contributed by atoms with E-state index in [0.29, 0.717) is 23.9 Å². The number of amides is 2. The quantitative estimate of drug-likeness (QED) is 0.643. The average molecular weight is 429 g/mol. The highest BCUT2D eigenvalue weighted by atomic mass is 16.5. The summed E-state index contributed by atoms with van der Waals surface area (Å²) in [5, 5.41) is 8.46. The maximum Gasteiger partial charge on any atom is 0.273 e. The summed E-state index contributed by atoms with van der Waals surface area (Å²) in [6.07, 6.45) is 5.41. The van der Waals surface area contributed by atoms with Gasteiger partial charge in [-0.1, -0.05) is 12.1 Å². The fraction of sp³-hybridized carbons (Fsp3) is 0.208. The number of hydrogen-bond donors (Lipinski definition) is 1. The molecule has 2 aromatic heterocycles. The Morgan fingerprint density at radius 3 is 2.72 bits per heavy atom. The Morgan fingerprint density at radius 1 is 1.09 bits per heavy atom. The van der Waals surface area contributed by atoms with Crippen LogP contribution < -0.4 is 15.1 Å². The SMILES string of the molecule is Cc1ccc(C)c(N2N=C(C(=O)Nc3ncccc3OCc3ccncc3)CCC2=O)c1. The van der Waals surface area contributed by atoms with E-state index in [1.807, 2.05) is 44.2 Å². The molecule has 1 aliphatic heterocycles. The first-order chi connectivity index (χ1) is 15.5. The molecule has 0 spiro atoms. The third kappa shape index (κ3) is 4.80. The number of nitrogens with zero attached hydrogens (tertiary/aromatic N) is 4. The van der Waals surface area contributed by atoms with Crippen LogP contribution in [0.1, 0.15) is 29.5 Å². The van der Waals surface area contributed by atoms with Crippen LogP contribution >= 0.6 is 0 Å². The molecule has 0 bridgehead atoms. The molecule has 32 heavy (non-hydrogen) atoms. The molecule has 8 heteroatoms. The molecular formula is C24H23N5O3. The molecule has 2 amide bonds. The number of pyridine rings is 2. The fourth-order valence-electron chi connectivity index (χ4n) is 3.27. The van der Waals surface area contributed by atoms with Crippen molar-refractivity contribution in [3.8, 4) is 5.75 Å². The monoisotopic (exact) mass is 429 g/mol. The number of rotatable bonds is 6. The van der Waals surface area contributed by atoms with Crippen molar-refractivity contribution in [1.29, 1.82) is 0 Å². The van der Waals surface area contributed by atoms with Crippen molar-refractivity contribution in [2.75, 3.05) is 10.3 Å². The lowest BCUT2D eigenvalue weighted by Crippen LogP contribution is -2.36. The van der Waals surface area contributed by atoms with Crippen LogP contribution in [-0.4, -0.2) is 27.5 Å². The second-order valence-electron chi connectivity index (χ2n) is 7.49. The molecule has 1 N–H and O–H groups in total. The fourth-order valence-corrected chi connectivity index (χ4v) is 3.27. The minimum absolute atomic E-state index is 0.144. The van der Waals surface area contributed by atoms with E-state index in [9.17, 15) is 9.59 Å². The van der Waals surface area contributed by atoms with E-state index in [4.69, 9.17) is 4.74 Å². The first-order valence-electron chi connectivity index (χ1n) is 10.3. The van der Waals surface area contributed by atoms with Gasteiger partial charge < -0.3 is 10.1 Å². The minimum atomic E-state index is -0.416. The van der Waals surface area contributed by atoms with Crippen LogP contribution in [0, 0.1) is 13.8 Å². The molecule has 0 aliphatic carbocycles.